The van der Waals surface area contributed by atoms with Crippen LogP contribution in [0.1, 0.15) is 22.3 Å². The smallest absolute Gasteiger partial charge is 0.160 e. The molecule has 0 saturated carbocycles. The van der Waals surface area contributed by atoms with E-state index < -0.39 is 5.41 Å². The minimum Gasteiger partial charge on any atom is -0.457 e. The maximum absolute atomic E-state index is 6.49. The van der Waals surface area contributed by atoms with Crippen molar-refractivity contribution in [2.24, 2.45) is 0 Å². The molecule has 8 rings (SSSR count). The van der Waals surface area contributed by atoms with Gasteiger partial charge in [0.15, 0.2) is 5.82 Å². The van der Waals surface area contributed by atoms with Gasteiger partial charge in [-0.15, -0.1) is 0 Å². The van der Waals surface area contributed by atoms with E-state index in [1.165, 1.54) is 5.56 Å². The first kappa shape index (κ1) is 24.3. The Bertz CT molecular complexity index is 2020. The van der Waals surface area contributed by atoms with E-state index in [9.17, 15) is 0 Å². The van der Waals surface area contributed by atoms with E-state index in [2.05, 4.69) is 121 Å². The van der Waals surface area contributed by atoms with Crippen molar-refractivity contribution >= 4 is 10.9 Å². The molecular formula is C39H26N2O. The lowest BCUT2D eigenvalue weighted by Gasteiger charge is -2.41. The Kier molecular flexibility index (Phi) is 5.68. The Morgan fingerprint density at radius 3 is 1.76 bits per heavy atom. The van der Waals surface area contributed by atoms with Gasteiger partial charge in [-0.2, -0.15) is 0 Å². The zero-order valence-corrected chi connectivity index (χ0v) is 22.8. The fraction of sp³-hybridized carbons (Fsp3) is 0.0256. The molecule has 0 unspecified atom stereocenters. The van der Waals surface area contributed by atoms with Gasteiger partial charge in [-0.3, -0.25) is 0 Å². The van der Waals surface area contributed by atoms with Gasteiger partial charge in [0.2, 0.25) is 0 Å². The summed E-state index contributed by atoms with van der Waals surface area (Å²) in [6.45, 7) is 0. The first-order chi connectivity index (χ1) is 20.8. The van der Waals surface area contributed by atoms with Crippen molar-refractivity contribution in [2.45, 2.75) is 5.41 Å². The van der Waals surface area contributed by atoms with E-state index in [1.54, 1.807) is 0 Å². The number of ether oxygens (including phenoxy) is 1. The molecule has 7 aromatic rings. The summed E-state index contributed by atoms with van der Waals surface area (Å²) >= 11 is 0. The molecule has 0 aliphatic carbocycles. The summed E-state index contributed by atoms with van der Waals surface area (Å²) in [7, 11) is 0. The molecule has 1 aliphatic heterocycles. The first-order valence-corrected chi connectivity index (χ1v) is 14.2. The van der Waals surface area contributed by atoms with Gasteiger partial charge in [0.05, 0.1) is 16.6 Å². The third kappa shape index (κ3) is 3.75. The molecule has 0 spiro atoms. The molecular weight excluding hydrogens is 512 g/mol. The average molecular weight is 539 g/mol. The van der Waals surface area contributed by atoms with Crippen LogP contribution in [0.4, 0.5) is 0 Å². The van der Waals surface area contributed by atoms with Crippen LogP contribution >= 0.6 is 0 Å². The number of aromatic nitrogens is 2. The number of hydrogen-bond donors (Lipinski definition) is 0. The van der Waals surface area contributed by atoms with E-state index in [-0.39, 0.29) is 0 Å². The van der Waals surface area contributed by atoms with Crippen LogP contribution in [0.3, 0.4) is 0 Å². The van der Waals surface area contributed by atoms with Crippen molar-refractivity contribution < 1.29 is 4.74 Å². The molecule has 1 aromatic heterocycles. The van der Waals surface area contributed by atoms with Crippen LogP contribution in [-0.4, -0.2) is 9.97 Å². The molecule has 0 fully saturated rings. The molecule has 3 heteroatoms. The number of fused-ring (bicyclic) bond motifs is 3. The van der Waals surface area contributed by atoms with E-state index >= 15 is 0 Å². The molecule has 42 heavy (non-hydrogen) atoms. The molecule has 6 aromatic carbocycles. The quantitative estimate of drug-likeness (QED) is 0.224. The topological polar surface area (TPSA) is 35.0 Å². The van der Waals surface area contributed by atoms with Gasteiger partial charge in [0, 0.05) is 27.6 Å². The average Bonchev–Trinajstić information content (AvgIpc) is 3.07. The monoisotopic (exact) mass is 538 g/mol. The maximum atomic E-state index is 6.49. The lowest BCUT2D eigenvalue weighted by molar-refractivity contribution is 0.434. The van der Waals surface area contributed by atoms with Gasteiger partial charge >= 0.3 is 0 Å². The largest absolute Gasteiger partial charge is 0.457 e. The van der Waals surface area contributed by atoms with E-state index in [0.29, 0.717) is 5.82 Å². The van der Waals surface area contributed by atoms with Crippen LogP contribution in [0, 0.1) is 0 Å². The highest BCUT2D eigenvalue weighted by atomic mass is 16.5. The van der Waals surface area contributed by atoms with Gasteiger partial charge in [0.25, 0.3) is 0 Å². The highest BCUT2D eigenvalue weighted by molar-refractivity contribution is 5.94. The lowest BCUT2D eigenvalue weighted by Crippen LogP contribution is -2.34. The second kappa shape index (κ2) is 9.83. The third-order valence-electron chi connectivity index (χ3n) is 8.21. The minimum atomic E-state index is -0.589. The number of benzene rings is 6. The molecule has 0 saturated heterocycles. The molecule has 0 N–H and O–H groups in total. The van der Waals surface area contributed by atoms with Crippen LogP contribution in [0.5, 0.6) is 11.5 Å². The van der Waals surface area contributed by atoms with Gasteiger partial charge in [-0.1, -0.05) is 133 Å². The molecule has 3 nitrogen and oxygen atoms in total. The SMILES string of the molecule is c1ccc(-c2nc(-c3cccc(C4(c5ccccc5)c5ccccc5Oc5ccccc54)c3)c3ccccc3n2)cc1. The highest BCUT2D eigenvalue weighted by Crippen LogP contribution is 2.55. The maximum Gasteiger partial charge on any atom is 0.160 e. The van der Waals surface area contributed by atoms with Crippen molar-refractivity contribution in [3.05, 3.63) is 180 Å². The van der Waals surface area contributed by atoms with Crippen molar-refractivity contribution in [3.8, 4) is 34.1 Å². The third-order valence-corrected chi connectivity index (χ3v) is 8.21. The fourth-order valence-corrected chi connectivity index (χ4v) is 6.38. The van der Waals surface area contributed by atoms with Crippen LogP contribution in [0.15, 0.2) is 158 Å². The van der Waals surface area contributed by atoms with Crippen molar-refractivity contribution in [3.63, 3.8) is 0 Å². The Hall–Kier alpha value is -5.54. The second-order valence-corrected chi connectivity index (χ2v) is 10.6. The van der Waals surface area contributed by atoms with Crippen LogP contribution in [0.25, 0.3) is 33.5 Å². The van der Waals surface area contributed by atoms with Crippen molar-refractivity contribution in [2.75, 3.05) is 0 Å². The molecule has 0 bridgehead atoms. The van der Waals surface area contributed by atoms with Gasteiger partial charge in [-0.05, 0) is 35.4 Å². The van der Waals surface area contributed by atoms with Gasteiger partial charge < -0.3 is 4.74 Å². The summed E-state index contributed by atoms with van der Waals surface area (Å²) in [6.07, 6.45) is 0. The molecule has 0 amide bonds. The predicted molar refractivity (Wildman–Crippen MR) is 169 cm³/mol. The number of hydrogen-bond acceptors (Lipinski definition) is 3. The Morgan fingerprint density at radius 2 is 1.02 bits per heavy atom. The van der Waals surface area contributed by atoms with E-state index in [4.69, 9.17) is 14.7 Å². The van der Waals surface area contributed by atoms with E-state index in [1.807, 2.05) is 36.4 Å². The van der Waals surface area contributed by atoms with Gasteiger partial charge in [0.1, 0.15) is 11.5 Å². The second-order valence-electron chi connectivity index (χ2n) is 10.6. The Balaban J connectivity index is 1.43. The first-order valence-electron chi connectivity index (χ1n) is 14.2. The summed E-state index contributed by atoms with van der Waals surface area (Å²) in [5.74, 6) is 2.45. The highest BCUT2D eigenvalue weighted by Gasteiger charge is 2.45. The normalized spacial score (nSPS) is 13.1. The Labute approximate surface area is 244 Å². The standard InChI is InChI=1S/C39H26N2O/c1-3-14-27(15-4-1)38-40-34-23-10-7-20-31(34)37(41-38)28-16-13-19-30(26-28)39(29-17-5-2-6-18-29)32-21-8-11-24-35(32)42-36-25-12-9-22-33(36)39/h1-26H. The molecule has 1 aliphatic rings. The summed E-state index contributed by atoms with van der Waals surface area (Å²) in [6, 6.07) is 54.8. The molecule has 198 valence electrons. The molecule has 0 radical (unpaired) electrons. The summed E-state index contributed by atoms with van der Waals surface area (Å²) in [5, 5.41) is 1.02. The lowest BCUT2D eigenvalue weighted by atomic mass is 9.63. The van der Waals surface area contributed by atoms with Crippen molar-refractivity contribution in [1.82, 2.24) is 9.97 Å². The van der Waals surface area contributed by atoms with Gasteiger partial charge in [-0.25, -0.2) is 9.97 Å². The zero-order valence-electron chi connectivity index (χ0n) is 22.8. The van der Waals surface area contributed by atoms with E-state index in [0.717, 1.165) is 55.9 Å². The summed E-state index contributed by atoms with van der Waals surface area (Å²) in [4.78, 5) is 10.1. The number of nitrogens with zero attached hydrogens (tertiary/aromatic N) is 2. The van der Waals surface area contributed by atoms with Crippen molar-refractivity contribution in [1.29, 1.82) is 0 Å². The zero-order chi connectivity index (χ0) is 27.9. The Morgan fingerprint density at radius 1 is 0.452 bits per heavy atom. The number of rotatable bonds is 4. The van der Waals surface area contributed by atoms with Crippen LogP contribution < -0.4 is 4.74 Å². The van der Waals surface area contributed by atoms with Crippen LogP contribution in [0.2, 0.25) is 0 Å². The predicted octanol–water partition coefficient (Wildman–Crippen LogP) is 9.45. The molecule has 2 heterocycles. The minimum absolute atomic E-state index is 0.589. The van der Waals surface area contributed by atoms with Crippen LogP contribution in [-0.2, 0) is 5.41 Å². The molecule has 0 atom stereocenters. The number of para-hydroxylation sites is 3. The summed E-state index contributed by atoms with van der Waals surface area (Å²) < 4.78 is 6.49. The fourth-order valence-electron chi connectivity index (χ4n) is 6.38. The summed E-state index contributed by atoms with van der Waals surface area (Å²) in [5.41, 5.74) is 7.85.